The van der Waals surface area contributed by atoms with Crippen molar-refractivity contribution < 1.29 is 43.1 Å². The Hall–Kier alpha value is -4.86. The van der Waals surface area contributed by atoms with Gasteiger partial charge >= 0.3 is 0 Å². The smallest absolute Gasteiger partial charge is 0.300 e. The van der Waals surface area contributed by atoms with E-state index in [1.54, 1.807) is 54.6 Å². The van der Waals surface area contributed by atoms with E-state index in [-0.39, 0.29) is 23.7 Å². The van der Waals surface area contributed by atoms with Gasteiger partial charge in [-0.05, 0) is 42.0 Å². The maximum Gasteiger partial charge on any atom is 0.300 e. The number of carbonyl (C=O) groups is 2. The summed E-state index contributed by atoms with van der Waals surface area (Å²) >= 11 is 0. The minimum Gasteiger partial charge on any atom is -0.507 e. The van der Waals surface area contributed by atoms with Gasteiger partial charge in [0, 0.05) is 17.8 Å². The first-order valence-corrected chi connectivity index (χ1v) is 11.6. The van der Waals surface area contributed by atoms with E-state index < -0.39 is 23.5 Å². The highest BCUT2D eigenvalue weighted by Gasteiger charge is 2.47. The molecule has 1 atom stereocenters. The highest BCUT2D eigenvalue weighted by Crippen LogP contribution is 2.47. The number of hydrogen-bond acceptors (Lipinski definition) is 9. The van der Waals surface area contributed by atoms with Crippen molar-refractivity contribution in [3.05, 3.63) is 71.3 Å². The average Bonchev–Trinajstić information content (AvgIpc) is 3.53. The molecule has 38 heavy (non-hydrogen) atoms. The second-order valence-corrected chi connectivity index (χ2v) is 8.39. The number of fused-ring (bicyclic) bond motifs is 1. The predicted molar refractivity (Wildman–Crippen MR) is 136 cm³/mol. The van der Waals surface area contributed by atoms with Crippen molar-refractivity contribution in [3.63, 3.8) is 0 Å². The van der Waals surface area contributed by atoms with Crippen molar-refractivity contribution in [1.82, 2.24) is 0 Å². The molecule has 2 aliphatic rings. The molecule has 5 rings (SSSR count). The molecular weight excluding hydrogens is 494 g/mol. The van der Waals surface area contributed by atoms with Crippen molar-refractivity contribution in [2.75, 3.05) is 40.1 Å². The standard InChI is InChI=1S/C28H25NO9/c1-33-17-7-8-18(21(13-17)35-3)26(30)24-25(15-5-9-19(34-2)22(11-15)36-4)29(28(32)27(24)31)16-6-10-20-23(12-16)38-14-37-20/h5-13,25,30H,14H2,1-4H3/b26-24+. The van der Waals surface area contributed by atoms with E-state index in [1.807, 2.05) is 0 Å². The van der Waals surface area contributed by atoms with Gasteiger partial charge in [0.05, 0.1) is 45.6 Å². The number of aliphatic hydroxyl groups is 1. The van der Waals surface area contributed by atoms with Crippen molar-refractivity contribution >= 4 is 23.1 Å². The molecule has 3 aromatic carbocycles. The normalized spacial score (nSPS) is 17.5. The minimum atomic E-state index is -1.01. The zero-order chi connectivity index (χ0) is 27.0. The van der Waals surface area contributed by atoms with Crippen LogP contribution in [0.25, 0.3) is 5.76 Å². The number of aliphatic hydroxyl groups excluding tert-OH is 1. The van der Waals surface area contributed by atoms with Crippen molar-refractivity contribution in [2.24, 2.45) is 0 Å². The number of carbonyl (C=O) groups excluding carboxylic acids is 2. The summed E-state index contributed by atoms with van der Waals surface area (Å²) in [4.78, 5) is 28.4. The summed E-state index contributed by atoms with van der Waals surface area (Å²) in [7, 11) is 5.93. The summed E-state index contributed by atoms with van der Waals surface area (Å²) in [5.74, 6) is 0.499. The summed E-state index contributed by atoms with van der Waals surface area (Å²) < 4.78 is 32.4. The number of ether oxygens (including phenoxy) is 6. The number of ketones is 1. The first kappa shape index (κ1) is 24.8. The lowest BCUT2D eigenvalue weighted by Crippen LogP contribution is -2.29. The Morgan fingerprint density at radius 1 is 0.816 bits per heavy atom. The highest BCUT2D eigenvalue weighted by atomic mass is 16.7. The Balaban J connectivity index is 1.74. The topological polar surface area (TPSA) is 113 Å². The van der Waals surface area contributed by atoms with E-state index in [2.05, 4.69) is 0 Å². The fourth-order valence-corrected chi connectivity index (χ4v) is 4.61. The van der Waals surface area contributed by atoms with Gasteiger partial charge in [-0.15, -0.1) is 0 Å². The quantitative estimate of drug-likeness (QED) is 0.280. The predicted octanol–water partition coefficient (Wildman–Crippen LogP) is 4.08. The third-order valence-corrected chi connectivity index (χ3v) is 6.47. The zero-order valence-corrected chi connectivity index (χ0v) is 21.1. The molecule has 1 unspecified atom stereocenters. The SMILES string of the molecule is COc1ccc(/C(O)=C2\C(=O)C(=O)N(c3ccc4c(c3)OCO4)C2c2ccc(OC)c(OC)c2)c(OC)c1. The molecule has 0 spiro atoms. The minimum absolute atomic E-state index is 0.0496. The van der Waals surface area contributed by atoms with Crippen LogP contribution in [0, 0.1) is 0 Å². The number of methoxy groups -OCH3 is 4. The first-order chi connectivity index (χ1) is 18.4. The molecular formula is C28H25NO9. The lowest BCUT2D eigenvalue weighted by molar-refractivity contribution is -0.132. The number of hydrogen-bond donors (Lipinski definition) is 1. The van der Waals surface area contributed by atoms with E-state index in [4.69, 9.17) is 28.4 Å². The largest absolute Gasteiger partial charge is 0.507 e. The van der Waals surface area contributed by atoms with Crippen LogP contribution in [0.1, 0.15) is 17.2 Å². The van der Waals surface area contributed by atoms with E-state index in [0.29, 0.717) is 40.0 Å². The molecule has 10 heteroatoms. The van der Waals surface area contributed by atoms with Gasteiger partial charge in [0.15, 0.2) is 23.0 Å². The van der Waals surface area contributed by atoms with Crippen LogP contribution in [-0.4, -0.2) is 52.0 Å². The lowest BCUT2D eigenvalue weighted by Gasteiger charge is -2.26. The second-order valence-electron chi connectivity index (χ2n) is 8.39. The van der Waals surface area contributed by atoms with Crippen LogP contribution in [0.3, 0.4) is 0 Å². The van der Waals surface area contributed by atoms with E-state index in [1.165, 1.54) is 33.3 Å². The summed E-state index contributed by atoms with van der Waals surface area (Å²) in [6.07, 6.45) is 0. The Morgan fingerprint density at radius 2 is 1.55 bits per heavy atom. The van der Waals surface area contributed by atoms with Gasteiger partial charge in [0.2, 0.25) is 6.79 Å². The number of amides is 1. The van der Waals surface area contributed by atoms with Crippen LogP contribution in [-0.2, 0) is 9.59 Å². The Morgan fingerprint density at radius 3 is 2.26 bits per heavy atom. The fraction of sp³-hybridized carbons (Fsp3) is 0.214. The van der Waals surface area contributed by atoms with Crippen molar-refractivity contribution in [1.29, 1.82) is 0 Å². The number of rotatable bonds is 7. The molecule has 0 aromatic heterocycles. The molecule has 10 nitrogen and oxygen atoms in total. The molecule has 196 valence electrons. The van der Waals surface area contributed by atoms with Crippen LogP contribution in [0.4, 0.5) is 5.69 Å². The van der Waals surface area contributed by atoms with Gasteiger partial charge in [0.25, 0.3) is 11.7 Å². The molecule has 2 aliphatic heterocycles. The first-order valence-electron chi connectivity index (χ1n) is 11.6. The van der Waals surface area contributed by atoms with Crippen molar-refractivity contribution in [3.8, 4) is 34.5 Å². The number of benzene rings is 3. The molecule has 1 amide bonds. The van der Waals surface area contributed by atoms with Gasteiger partial charge in [-0.25, -0.2) is 0 Å². The average molecular weight is 520 g/mol. The van der Waals surface area contributed by atoms with Gasteiger partial charge < -0.3 is 33.5 Å². The van der Waals surface area contributed by atoms with Gasteiger partial charge in [-0.2, -0.15) is 0 Å². The summed E-state index contributed by atoms with van der Waals surface area (Å²) in [6, 6.07) is 13.7. The number of Topliss-reactive ketones (excluding diaryl/α,β-unsaturated/α-hetero) is 1. The summed E-state index contributed by atoms with van der Waals surface area (Å²) in [5, 5.41) is 11.5. The molecule has 1 N–H and O–H groups in total. The number of anilines is 1. The second kappa shape index (κ2) is 9.89. The van der Waals surface area contributed by atoms with E-state index >= 15 is 0 Å². The third-order valence-electron chi connectivity index (χ3n) is 6.47. The van der Waals surface area contributed by atoms with Crippen LogP contribution < -0.4 is 33.3 Å². The third kappa shape index (κ3) is 4.00. The lowest BCUT2D eigenvalue weighted by atomic mass is 9.94. The van der Waals surface area contributed by atoms with Crippen LogP contribution >= 0.6 is 0 Å². The maximum atomic E-state index is 13.5. The fourth-order valence-electron chi connectivity index (χ4n) is 4.61. The molecule has 0 saturated carbocycles. The summed E-state index contributed by atoms with van der Waals surface area (Å²) in [6.45, 7) is 0.0496. The van der Waals surface area contributed by atoms with Crippen molar-refractivity contribution in [2.45, 2.75) is 6.04 Å². The van der Waals surface area contributed by atoms with Crippen LogP contribution in [0.2, 0.25) is 0 Å². The number of nitrogens with zero attached hydrogens (tertiary/aromatic N) is 1. The van der Waals surface area contributed by atoms with Gasteiger partial charge in [-0.1, -0.05) is 6.07 Å². The van der Waals surface area contributed by atoms with Crippen LogP contribution in [0.15, 0.2) is 60.2 Å². The van der Waals surface area contributed by atoms with Gasteiger partial charge in [-0.3, -0.25) is 14.5 Å². The molecule has 0 bridgehead atoms. The molecule has 0 radical (unpaired) electrons. The van der Waals surface area contributed by atoms with Crippen LogP contribution in [0.5, 0.6) is 34.5 Å². The van der Waals surface area contributed by atoms with Gasteiger partial charge in [0.1, 0.15) is 17.3 Å². The molecule has 1 saturated heterocycles. The monoisotopic (exact) mass is 519 g/mol. The van der Waals surface area contributed by atoms with E-state index in [0.717, 1.165) is 0 Å². The Kier molecular flexibility index (Phi) is 6.46. The Bertz CT molecular complexity index is 1460. The molecule has 0 aliphatic carbocycles. The molecule has 1 fully saturated rings. The molecule has 3 aromatic rings. The zero-order valence-electron chi connectivity index (χ0n) is 21.1. The summed E-state index contributed by atoms with van der Waals surface area (Å²) in [5.41, 5.74) is 0.997. The van der Waals surface area contributed by atoms with E-state index in [9.17, 15) is 14.7 Å². The maximum absolute atomic E-state index is 13.5. The Labute approximate surface area is 218 Å². The highest BCUT2D eigenvalue weighted by molar-refractivity contribution is 6.51. The molecule has 2 heterocycles.